The summed E-state index contributed by atoms with van der Waals surface area (Å²) in [5, 5.41) is 3.02. The number of carbonyl (C=O) groups excluding carboxylic acids is 1. The van der Waals surface area contributed by atoms with Crippen LogP contribution >= 0.6 is 0 Å². The number of halogens is 1. The Morgan fingerprint density at radius 3 is 2.24 bits per heavy atom. The molecule has 0 aromatic heterocycles. The van der Waals surface area contributed by atoms with Crippen molar-refractivity contribution >= 4 is 5.91 Å². The van der Waals surface area contributed by atoms with E-state index < -0.39 is 6.04 Å². The van der Waals surface area contributed by atoms with Crippen LogP contribution in [0.25, 0.3) is 0 Å². The van der Waals surface area contributed by atoms with Crippen molar-refractivity contribution in [3.63, 3.8) is 0 Å². The van der Waals surface area contributed by atoms with Crippen LogP contribution in [0, 0.1) is 17.2 Å². The maximum atomic E-state index is 13.1. The van der Waals surface area contributed by atoms with Gasteiger partial charge >= 0.3 is 0 Å². The summed E-state index contributed by atoms with van der Waals surface area (Å²) in [7, 11) is 0. The Balaban J connectivity index is 2.95. The molecule has 4 heteroatoms. The maximum Gasteiger partial charge on any atom is 0.237 e. The molecule has 0 aliphatic carbocycles. The molecule has 3 atom stereocenters. The van der Waals surface area contributed by atoms with Gasteiger partial charge in [-0.15, -0.1) is 0 Å². The van der Waals surface area contributed by atoms with Crippen LogP contribution in [0.2, 0.25) is 0 Å². The van der Waals surface area contributed by atoms with Crippen molar-refractivity contribution < 1.29 is 9.18 Å². The molecule has 3 N–H and O–H groups in total. The third-order valence-electron chi connectivity index (χ3n) is 3.92. The van der Waals surface area contributed by atoms with E-state index in [1.165, 1.54) is 12.1 Å². The lowest BCUT2D eigenvalue weighted by molar-refractivity contribution is -0.125. The Morgan fingerprint density at radius 2 is 1.81 bits per heavy atom. The Kier molecular flexibility index (Phi) is 5.90. The molecule has 0 spiro atoms. The molecule has 0 aliphatic heterocycles. The average molecular weight is 294 g/mol. The Bertz CT molecular complexity index is 465. The molecular formula is C17H27FN2O. The molecule has 3 nitrogen and oxygen atoms in total. The van der Waals surface area contributed by atoms with Gasteiger partial charge in [-0.25, -0.2) is 4.39 Å². The third-order valence-corrected chi connectivity index (χ3v) is 3.92. The highest BCUT2D eigenvalue weighted by Crippen LogP contribution is 2.33. The van der Waals surface area contributed by atoms with E-state index in [0.29, 0.717) is 0 Å². The van der Waals surface area contributed by atoms with Crippen LogP contribution in [0.3, 0.4) is 0 Å². The zero-order valence-electron chi connectivity index (χ0n) is 13.6. The van der Waals surface area contributed by atoms with E-state index in [4.69, 9.17) is 5.73 Å². The second-order valence-electron chi connectivity index (χ2n) is 6.77. The van der Waals surface area contributed by atoms with Gasteiger partial charge < -0.3 is 11.1 Å². The smallest absolute Gasteiger partial charge is 0.237 e. The second kappa shape index (κ2) is 7.03. The number of nitrogens with one attached hydrogen (secondary N) is 1. The zero-order valence-corrected chi connectivity index (χ0v) is 13.6. The topological polar surface area (TPSA) is 55.1 Å². The molecule has 0 saturated carbocycles. The van der Waals surface area contributed by atoms with E-state index >= 15 is 0 Å². The Hall–Kier alpha value is -1.42. The predicted octanol–water partition coefficient (Wildman–Crippen LogP) is 3.40. The zero-order chi connectivity index (χ0) is 16.2. The third kappa shape index (κ3) is 4.81. The van der Waals surface area contributed by atoms with Crippen molar-refractivity contribution in [2.75, 3.05) is 0 Å². The lowest BCUT2D eigenvalue weighted by Crippen LogP contribution is -2.48. The van der Waals surface area contributed by atoms with Gasteiger partial charge in [0.25, 0.3) is 0 Å². The number of hydrogen-bond acceptors (Lipinski definition) is 2. The van der Waals surface area contributed by atoms with Crippen molar-refractivity contribution in [3.8, 4) is 0 Å². The SMILES string of the molecule is CC[C@H](C)[C@H](N)C(=O)NC(c1ccc(F)cc1)C(C)(C)C. The van der Waals surface area contributed by atoms with Gasteiger partial charge in [0, 0.05) is 0 Å². The summed E-state index contributed by atoms with van der Waals surface area (Å²) in [6.07, 6.45) is 0.852. The number of hydrogen-bond donors (Lipinski definition) is 2. The van der Waals surface area contributed by atoms with E-state index in [1.807, 2.05) is 34.6 Å². The fraction of sp³-hybridized carbons (Fsp3) is 0.588. The number of nitrogens with two attached hydrogens (primary N) is 1. The van der Waals surface area contributed by atoms with Crippen LogP contribution in [0.5, 0.6) is 0 Å². The predicted molar refractivity (Wildman–Crippen MR) is 84.2 cm³/mol. The lowest BCUT2D eigenvalue weighted by Gasteiger charge is -2.33. The van der Waals surface area contributed by atoms with Crippen LogP contribution in [-0.2, 0) is 4.79 Å². The molecule has 1 rings (SSSR count). The molecule has 0 aliphatic rings. The van der Waals surface area contributed by atoms with Crippen LogP contribution in [0.15, 0.2) is 24.3 Å². The van der Waals surface area contributed by atoms with Gasteiger partial charge in [0.2, 0.25) is 5.91 Å². The van der Waals surface area contributed by atoms with E-state index in [1.54, 1.807) is 12.1 Å². The minimum absolute atomic E-state index is 0.124. The summed E-state index contributed by atoms with van der Waals surface area (Å²) in [6, 6.07) is 5.51. The van der Waals surface area contributed by atoms with Crippen LogP contribution < -0.4 is 11.1 Å². The molecule has 1 aromatic carbocycles. The van der Waals surface area contributed by atoms with E-state index in [0.717, 1.165) is 12.0 Å². The molecule has 0 heterocycles. The van der Waals surface area contributed by atoms with Gasteiger partial charge in [-0.05, 0) is 29.0 Å². The summed E-state index contributed by atoms with van der Waals surface area (Å²) in [6.45, 7) is 10.1. The molecule has 1 aromatic rings. The van der Waals surface area contributed by atoms with Gasteiger partial charge in [0.05, 0.1) is 12.1 Å². The van der Waals surface area contributed by atoms with Gasteiger partial charge in [-0.2, -0.15) is 0 Å². The number of rotatable bonds is 5. The average Bonchev–Trinajstić information content (AvgIpc) is 2.42. The second-order valence-corrected chi connectivity index (χ2v) is 6.77. The fourth-order valence-corrected chi connectivity index (χ4v) is 2.21. The molecule has 21 heavy (non-hydrogen) atoms. The molecule has 1 amide bonds. The summed E-state index contributed by atoms with van der Waals surface area (Å²) >= 11 is 0. The van der Waals surface area contributed by atoms with Gasteiger partial charge in [0.15, 0.2) is 0 Å². The van der Waals surface area contributed by atoms with Crippen molar-refractivity contribution in [1.29, 1.82) is 0 Å². The minimum Gasteiger partial charge on any atom is -0.347 e. The fourth-order valence-electron chi connectivity index (χ4n) is 2.21. The quantitative estimate of drug-likeness (QED) is 0.874. The van der Waals surface area contributed by atoms with E-state index in [2.05, 4.69) is 5.32 Å². The van der Waals surface area contributed by atoms with E-state index in [-0.39, 0.29) is 29.1 Å². The van der Waals surface area contributed by atoms with Crippen LogP contribution in [0.1, 0.15) is 52.6 Å². The maximum absolute atomic E-state index is 13.1. The first-order chi connectivity index (χ1) is 9.66. The highest BCUT2D eigenvalue weighted by Gasteiger charge is 2.30. The highest BCUT2D eigenvalue weighted by molar-refractivity contribution is 5.82. The molecule has 0 radical (unpaired) electrons. The van der Waals surface area contributed by atoms with Gasteiger partial charge in [-0.3, -0.25) is 4.79 Å². The largest absolute Gasteiger partial charge is 0.347 e. The minimum atomic E-state index is -0.528. The molecule has 0 bridgehead atoms. The van der Waals surface area contributed by atoms with Crippen molar-refractivity contribution in [2.45, 2.75) is 53.1 Å². The Labute approximate surface area is 127 Å². The normalized spacial score (nSPS) is 16.1. The highest BCUT2D eigenvalue weighted by atomic mass is 19.1. The molecule has 118 valence electrons. The van der Waals surface area contributed by atoms with Gasteiger partial charge in [0.1, 0.15) is 5.82 Å². The Morgan fingerprint density at radius 1 is 1.29 bits per heavy atom. The summed E-state index contributed by atoms with van der Waals surface area (Å²) in [4.78, 5) is 12.3. The number of carbonyl (C=O) groups is 1. The van der Waals surface area contributed by atoms with Crippen molar-refractivity contribution in [3.05, 3.63) is 35.6 Å². The van der Waals surface area contributed by atoms with Crippen LogP contribution in [-0.4, -0.2) is 11.9 Å². The van der Waals surface area contributed by atoms with Crippen molar-refractivity contribution in [1.82, 2.24) is 5.32 Å². The first kappa shape index (κ1) is 17.6. The van der Waals surface area contributed by atoms with Crippen LogP contribution in [0.4, 0.5) is 4.39 Å². The first-order valence-corrected chi connectivity index (χ1v) is 7.48. The monoisotopic (exact) mass is 294 g/mol. The summed E-state index contributed by atoms with van der Waals surface area (Å²) in [5.41, 5.74) is 6.68. The van der Waals surface area contributed by atoms with Gasteiger partial charge in [-0.1, -0.05) is 53.2 Å². The summed E-state index contributed by atoms with van der Waals surface area (Å²) < 4.78 is 13.1. The first-order valence-electron chi connectivity index (χ1n) is 7.48. The molecule has 1 unspecified atom stereocenters. The lowest BCUT2D eigenvalue weighted by atomic mass is 9.82. The molecular weight excluding hydrogens is 267 g/mol. The number of amides is 1. The standard InChI is InChI=1S/C17H27FN2O/c1-6-11(2)14(19)16(21)20-15(17(3,4)5)12-7-9-13(18)10-8-12/h7-11,14-15H,6,19H2,1-5H3,(H,20,21)/t11-,14-,15?/m0/s1. The molecule has 0 fully saturated rings. The summed E-state index contributed by atoms with van der Waals surface area (Å²) in [5.74, 6) is -0.318. The number of benzene rings is 1. The van der Waals surface area contributed by atoms with E-state index in [9.17, 15) is 9.18 Å². The van der Waals surface area contributed by atoms with Crippen molar-refractivity contribution in [2.24, 2.45) is 17.1 Å². The molecule has 0 saturated heterocycles.